The minimum Gasteiger partial charge on any atom is -0.384 e. The maximum atomic E-state index is 5.82. The molecule has 0 radical (unpaired) electrons. The van der Waals surface area contributed by atoms with E-state index in [-0.39, 0.29) is 0 Å². The Kier molecular flexibility index (Phi) is 3.28. The quantitative estimate of drug-likeness (QED) is 0.754. The highest BCUT2D eigenvalue weighted by Gasteiger charge is 2.05. The Bertz CT molecular complexity index is 682. The first-order valence-corrected chi connectivity index (χ1v) is 6.14. The van der Waals surface area contributed by atoms with Gasteiger partial charge in [0.2, 0.25) is 0 Å². The Morgan fingerprint density at radius 2 is 1.95 bits per heavy atom. The van der Waals surface area contributed by atoms with Crippen LogP contribution in [0.1, 0.15) is 5.69 Å². The van der Waals surface area contributed by atoms with Gasteiger partial charge in [-0.05, 0) is 0 Å². The van der Waals surface area contributed by atoms with E-state index in [1.165, 1.54) is 6.26 Å². The van der Waals surface area contributed by atoms with Crippen LogP contribution in [0.15, 0.2) is 53.3 Å². The molecule has 2 heterocycles. The molecule has 0 aliphatic rings. The van der Waals surface area contributed by atoms with E-state index in [0.29, 0.717) is 24.0 Å². The van der Waals surface area contributed by atoms with Crippen LogP contribution in [-0.4, -0.2) is 15.1 Å². The molecule has 1 aromatic carbocycles. The van der Waals surface area contributed by atoms with E-state index in [0.717, 1.165) is 11.3 Å². The Hall–Kier alpha value is -2.89. The molecule has 6 heteroatoms. The standard InChI is InChI=1S/C14H13N5O/c15-12-8-13(16-9-11-6-7-20-19-11)18-14(17-12)10-4-2-1-3-5-10/h1-8H,9H2,(H3,15,16,17,18). The van der Waals surface area contributed by atoms with Crippen molar-refractivity contribution in [3.63, 3.8) is 0 Å². The third kappa shape index (κ3) is 2.74. The van der Waals surface area contributed by atoms with Gasteiger partial charge >= 0.3 is 0 Å². The number of rotatable bonds is 4. The van der Waals surface area contributed by atoms with Crippen LogP contribution in [-0.2, 0) is 6.54 Å². The molecule has 0 spiro atoms. The van der Waals surface area contributed by atoms with Crippen LogP contribution in [0, 0.1) is 0 Å². The number of aromatic nitrogens is 3. The van der Waals surface area contributed by atoms with Gasteiger partial charge in [-0.1, -0.05) is 35.5 Å². The van der Waals surface area contributed by atoms with Crippen LogP contribution in [0.4, 0.5) is 11.6 Å². The molecule has 3 aromatic rings. The zero-order valence-corrected chi connectivity index (χ0v) is 10.7. The maximum absolute atomic E-state index is 5.82. The molecule has 0 saturated heterocycles. The van der Waals surface area contributed by atoms with Gasteiger partial charge in [0.25, 0.3) is 0 Å². The van der Waals surface area contributed by atoms with Gasteiger partial charge in [0, 0.05) is 17.7 Å². The predicted octanol–water partition coefficient (Wildman–Crippen LogP) is 2.33. The summed E-state index contributed by atoms with van der Waals surface area (Å²) in [6.45, 7) is 0.515. The lowest BCUT2D eigenvalue weighted by Crippen LogP contribution is -2.05. The van der Waals surface area contributed by atoms with Crippen molar-refractivity contribution in [3.05, 3.63) is 54.4 Å². The van der Waals surface area contributed by atoms with Gasteiger partial charge in [0.1, 0.15) is 23.6 Å². The molecule has 2 aromatic heterocycles. The van der Waals surface area contributed by atoms with E-state index in [9.17, 15) is 0 Å². The van der Waals surface area contributed by atoms with Crippen LogP contribution < -0.4 is 11.1 Å². The number of anilines is 2. The van der Waals surface area contributed by atoms with Gasteiger partial charge in [-0.15, -0.1) is 0 Å². The van der Waals surface area contributed by atoms with Crippen LogP contribution in [0.25, 0.3) is 11.4 Å². The minimum atomic E-state index is 0.418. The van der Waals surface area contributed by atoms with Crippen LogP contribution in [0.2, 0.25) is 0 Å². The molecule has 0 aliphatic carbocycles. The number of hydrogen-bond donors (Lipinski definition) is 2. The van der Waals surface area contributed by atoms with Crippen molar-refractivity contribution >= 4 is 11.6 Å². The van der Waals surface area contributed by atoms with Crippen molar-refractivity contribution in [1.82, 2.24) is 15.1 Å². The molecule has 0 amide bonds. The minimum absolute atomic E-state index is 0.418. The van der Waals surface area contributed by atoms with Gasteiger partial charge in [-0.3, -0.25) is 0 Å². The summed E-state index contributed by atoms with van der Waals surface area (Å²) < 4.78 is 4.77. The first kappa shape index (κ1) is 12.2. The summed E-state index contributed by atoms with van der Waals surface area (Å²) in [5.41, 5.74) is 7.54. The molecular formula is C14H13N5O. The van der Waals surface area contributed by atoms with E-state index < -0.39 is 0 Å². The molecule has 20 heavy (non-hydrogen) atoms. The van der Waals surface area contributed by atoms with Crippen LogP contribution >= 0.6 is 0 Å². The number of nitrogens with one attached hydrogen (secondary N) is 1. The maximum Gasteiger partial charge on any atom is 0.163 e. The van der Waals surface area contributed by atoms with Crippen molar-refractivity contribution in [2.24, 2.45) is 0 Å². The fourth-order valence-corrected chi connectivity index (χ4v) is 1.78. The number of nitrogen functional groups attached to an aromatic ring is 1. The zero-order valence-electron chi connectivity index (χ0n) is 10.7. The summed E-state index contributed by atoms with van der Waals surface area (Å²) in [4.78, 5) is 8.68. The average molecular weight is 267 g/mol. The topological polar surface area (TPSA) is 89.9 Å². The molecule has 0 bridgehead atoms. The molecule has 0 saturated carbocycles. The summed E-state index contributed by atoms with van der Waals surface area (Å²) in [5, 5.41) is 6.97. The van der Waals surface area contributed by atoms with Crippen molar-refractivity contribution in [2.75, 3.05) is 11.1 Å². The second-order valence-corrected chi connectivity index (χ2v) is 4.21. The third-order valence-electron chi connectivity index (χ3n) is 2.72. The van der Waals surface area contributed by atoms with Crippen molar-refractivity contribution in [2.45, 2.75) is 6.54 Å². The van der Waals surface area contributed by atoms with E-state index in [2.05, 4.69) is 20.4 Å². The second-order valence-electron chi connectivity index (χ2n) is 4.21. The van der Waals surface area contributed by atoms with Gasteiger partial charge < -0.3 is 15.6 Å². The highest BCUT2D eigenvalue weighted by molar-refractivity contribution is 5.60. The van der Waals surface area contributed by atoms with Crippen LogP contribution in [0.5, 0.6) is 0 Å². The molecule has 0 aliphatic heterocycles. The molecule has 0 fully saturated rings. The van der Waals surface area contributed by atoms with E-state index in [1.54, 1.807) is 12.1 Å². The largest absolute Gasteiger partial charge is 0.384 e. The number of nitrogens with zero attached hydrogens (tertiary/aromatic N) is 3. The second kappa shape index (κ2) is 5.40. The Balaban J connectivity index is 1.83. The van der Waals surface area contributed by atoms with Gasteiger partial charge in [0.15, 0.2) is 5.82 Å². The molecule has 3 rings (SSSR count). The number of nitrogens with two attached hydrogens (primary N) is 1. The van der Waals surface area contributed by atoms with Gasteiger partial charge in [-0.2, -0.15) is 0 Å². The lowest BCUT2D eigenvalue weighted by Gasteiger charge is -2.07. The fraction of sp³-hybridized carbons (Fsp3) is 0.0714. The van der Waals surface area contributed by atoms with Crippen molar-refractivity contribution in [1.29, 1.82) is 0 Å². The van der Waals surface area contributed by atoms with E-state index in [1.807, 2.05) is 30.3 Å². The summed E-state index contributed by atoms with van der Waals surface area (Å²) in [5.74, 6) is 1.66. The third-order valence-corrected chi connectivity index (χ3v) is 2.72. The van der Waals surface area contributed by atoms with Crippen molar-refractivity contribution < 1.29 is 4.52 Å². The lowest BCUT2D eigenvalue weighted by atomic mass is 10.2. The van der Waals surface area contributed by atoms with Crippen molar-refractivity contribution in [3.8, 4) is 11.4 Å². The Labute approximate surface area is 115 Å². The molecular weight excluding hydrogens is 254 g/mol. The van der Waals surface area contributed by atoms with Crippen LogP contribution in [0.3, 0.4) is 0 Å². The first-order chi connectivity index (χ1) is 9.81. The average Bonchev–Trinajstić information content (AvgIpc) is 2.99. The SMILES string of the molecule is Nc1cc(NCc2ccon2)nc(-c2ccccc2)n1. The Morgan fingerprint density at radius 1 is 1.10 bits per heavy atom. The normalized spacial score (nSPS) is 10.4. The summed E-state index contributed by atoms with van der Waals surface area (Å²) in [6, 6.07) is 13.2. The van der Waals surface area contributed by atoms with Gasteiger partial charge in [-0.25, -0.2) is 9.97 Å². The summed E-state index contributed by atoms with van der Waals surface area (Å²) in [7, 11) is 0. The zero-order chi connectivity index (χ0) is 13.8. The lowest BCUT2D eigenvalue weighted by molar-refractivity contribution is 0.412. The van der Waals surface area contributed by atoms with E-state index in [4.69, 9.17) is 10.3 Å². The molecule has 3 N–H and O–H groups in total. The molecule has 0 unspecified atom stereocenters. The fourth-order valence-electron chi connectivity index (χ4n) is 1.78. The first-order valence-electron chi connectivity index (χ1n) is 6.14. The summed E-state index contributed by atoms with van der Waals surface area (Å²) in [6.07, 6.45) is 1.53. The highest BCUT2D eigenvalue weighted by Crippen LogP contribution is 2.18. The molecule has 100 valence electrons. The number of benzene rings is 1. The van der Waals surface area contributed by atoms with Gasteiger partial charge in [0.05, 0.1) is 6.54 Å². The van der Waals surface area contributed by atoms with E-state index >= 15 is 0 Å². The predicted molar refractivity (Wildman–Crippen MR) is 75.7 cm³/mol. The summed E-state index contributed by atoms with van der Waals surface area (Å²) >= 11 is 0. The molecule has 0 atom stereocenters. The number of hydrogen-bond acceptors (Lipinski definition) is 6. The smallest absolute Gasteiger partial charge is 0.163 e. The Morgan fingerprint density at radius 3 is 2.70 bits per heavy atom. The highest BCUT2D eigenvalue weighted by atomic mass is 16.5. The molecule has 6 nitrogen and oxygen atoms in total. The monoisotopic (exact) mass is 267 g/mol.